The Morgan fingerprint density at radius 1 is 1.40 bits per heavy atom. The number of hydrazine groups is 1. The van der Waals surface area contributed by atoms with Crippen LogP contribution in [0.3, 0.4) is 0 Å². The van der Waals surface area contributed by atoms with Gasteiger partial charge in [-0.15, -0.1) is 0 Å². The molecule has 112 valence electrons. The van der Waals surface area contributed by atoms with Crippen LogP contribution in [0.4, 0.5) is 0 Å². The number of ether oxygens (including phenoxy) is 1. The van der Waals surface area contributed by atoms with E-state index in [1.54, 1.807) is 0 Å². The van der Waals surface area contributed by atoms with Crippen molar-refractivity contribution in [1.82, 2.24) is 15.3 Å². The first-order chi connectivity index (χ1) is 9.70. The molecule has 0 aromatic carbocycles. The van der Waals surface area contributed by atoms with Crippen LogP contribution in [0.15, 0.2) is 24.5 Å². The van der Waals surface area contributed by atoms with Gasteiger partial charge in [0.25, 0.3) is 0 Å². The van der Waals surface area contributed by atoms with Crippen molar-refractivity contribution in [2.45, 2.75) is 38.3 Å². The summed E-state index contributed by atoms with van der Waals surface area (Å²) in [7, 11) is 0. The molecule has 5 nitrogen and oxygen atoms in total. The minimum atomic E-state index is 0.0296. The lowest BCUT2D eigenvalue weighted by Gasteiger charge is -2.47. The smallest absolute Gasteiger partial charge is 0.0594 e. The van der Waals surface area contributed by atoms with Gasteiger partial charge in [-0.25, -0.2) is 0 Å². The molecule has 0 amide bonds. The molecular formula is C15H26N4O. The number of morpholine rings is 1. The van der Waals surface area contributed by atoms with Crippen molar-refractivity contribution in [2.24, 2.45) is 5.84 Å². The third-order valence-corrected chi connectivity index (χ3v) is 4.59. The molecular weight excluding hydrogens is 252 g/mol. The molecule has 1 fully saturated rings. The molecule has 0 aliphatic carbocycles. The van der Waals surface area contributed by atoms with Crippen LogP contribution < -0.4 is 11.3 Å². The first-order valence-corrected chi connectivity index (χ1v) is 7.38. The Labute approximate surface area is 121 Å². The van der Waals surface area contributed by atoms with Crippen molar-refractivity contribution in [2.75, 3.05) is 26.3 Å². The highest BCUT2D eigenvalue weighted by molar-refractivity contribution is 5.14. The van der Waals surface area contributed by atoms with Crippen molar-refractivity contribution in [3.05, 3.63) is 30.1 Å². The topological polar surface area (TPSA) is 63.4 Å². The molecule has 1 aromatic heterocycles. The second-order valence-electron chi connectivity index (χ2n) is 5.59. The molecule has 1 aliphatic heterocycles. The first-order valence-electron chi connectivity index (χ1n) is 7.38. The van der Waals surface area contributed by atoms with E-state index in [4.69, 9.17) is 10.6 Å². The second-order valence-corrected chi connectivity index (χ2v) is 5.59. The van der Waals surface area contributed by atoms with Gasteiger partial charge in [-0.1, -0.05) is 6.92 Å². The van der Waals surface area contributed by atoms with Gasteiger partial charge in [0, 0.05) is 37.1 Å². The Kier molecular flexibility index (Phi) is 5.48. The molecule has 0 bridgehead atoms. The molecule has 2 rings (SSSR count). The zero-order valence-corrected chi connectivity index (χ0v) is 12.5. The normalized spacial score (nSPS) is 21.4. The van der Waals surface area contributed by atoms with Gasteiger partial charge >= 0.3 is 0 Å². The maximum Gasteiger partial charge on any atom is 0.0594 e. The third-order valence-electron chi connectivity index (χ3n) is 4.59. The summed E-state index contributed by atoms with van der Waals surface area (Å²) in [5, 5.41) is 0. The van der Waals surface area contributed by atoms with Crippen LogP contribution in [0.5, 0.6) is 0 Å². The predicted octanol–water partition coefficient (Wildman–Crippen LogP) is 0.957. The number of hydrogen-bond acceptors (Lipinski definition) is 5. The molecule has 20 heavy (non-hydrogen) atoms. The SMILES string of the molecule is CCC(C)(C(Cc1ccncc1)NN)N1CCOCC1. The van der Waals surface area contributed by atoms with E-state index in [0.717, 1.165) is 39.1 Å². The lowest BCUT2D eigenvalue weighted by molar-refractivity contribution is -0.0322. The Hall–Kier alpha value is -1.01. The molecule has 1 saturated heterocycles. The Bertz CT molecular complexity index is 394. The van der Waals surface area contributed by atoms with Gasteiger partial charge in [0.15, 0.2) is 0 Å². The number of rotatable bonds is 6. The molecule has 1 aliphatic rings. The first kappa shape index (κ1) is 15.4. The molecule has 3 N–H and O–H groups in total. The zero-order valence-electron chi connectivity index (χ0n) is 12.5. The molecule has 5 heteroatoms. The number of nitrogens with two attached hydrogens (primary N) is 1. The Balaban J connectivity index is 2.13. The van der Waals surface area contributed by atoms with E-state index in [0.29, 0.717) is 0 Å². The van der Waals surface area contributed by atoms with Gasteiger partial charge in [0.05, 0.1) is 13.2 Å². The van der Waals surface area contributed by atoms with Gasteiger partial charge in [-0.3, -0.25) is 21.2 Å². The fraction of sp³-hybridized carbons (Fsp3) is 0.667. The van der Waals surface area contributed by atoms with Crippen molar-refractivity contribution in [3.8, 4) is 0 Å². The second kappa shape index (κ2) is 7.13. The van der Waals surface area contributed by atoms with Crippen LogP contribution in [-0.4, -0.2) is 47.8 Å². The average molecular weight is 278 g/mol. The van der Waals surface area contributed by atoms with E-state index < -0.39 is 0 Å². The summed E-state index contributed by atoms with van der Waals surface area (Å²) in [6, 6.07) is 4.31. The van der Waals surface area contributed by atoms with Gasteiger partial charge in [0.1, 0.15) is 0 Å². The maximum absolute atomic E-state index is 5.87. The van der Waals surface area contributed by atoms with Crippen LogP contribution in [0.25, 0.3) is 0 Å². The Morgan fingerprint density at radius 3 is 2.60 bits per heavy atom. The molecule has 0 radical (unpaired) electrons. The van der Waals surface area contributed by atoms with Crippen LogP contribution in [-0.2, 0) is 11.2 Å². The standard InChI is InChI=1S/C15H26N4O/c1-3-15(2,19-8-10-20-11-9-19)14(18-16)12-13-4-6-17-7-5-13/h4-7,14,18H,3,8-12,16H2,1-2H3. The summed E-state index contributed by atoms with van der Waals surface area (Å²) in [5.41, 5.74) is 4.33. The number of nitrogens with zero attached hydrogens (tertiary/aromatic N) is 2. The van der Waals surface area contributed by atoms with Crippen molar-refractivity contribution in [3.63, 3.8) is 0 Å². The summed E-state index contributed by atoms with van der Waals surface area (Å²) in [4.78, 5) is 6.57. The van der Waals surface area contributed by atoms with Crippen molar-refractivity contribution < 1.29 is 4.74 Å². The summed E-state index contributed by atoms with van der Waals surface area (Å²) in [6.07, 6.45) is 5.62. The van der Waals surface area contributed by atoms with Crippen LogP contribution >= 0.6 is 0 Å². The predicted molar refractivity (Wildman–Crippen MR) is 80.1 cm³/mol. The molecule has 2 atom stereocenters. The minimum absolute atomic E-state index is 0.0296. The van der Waals surface area contributed by atoms with E-state index in [9.17, 15) is 0 Å². The van der Waals surface area contributed by atoms with Gasteiger partial charge in [-0.05, 0) is 37.5 Å². The lowest BCUT2D eigenvalue weighted by atomic mass is 9.83. The van der Waals surface area contributed by atoms with E-state index in [-0.39, 0.29) is 11.6 Å². The van der Waals surface area contributed by atoms with Crippen molar-refractivity contribution >= 4 is 0 Å². The average Bonchev–Trinajstić information content (AvgIpc) is 2.53. The monoisotopic (exact) mass is 278 g/mol. The summed E-state index contributed by atoms with van der Waals surface area (Å²) in [6.45, 7) is 8.08. The van der Waals surface area contributed by atoms with E-state index >= 15 is 0 Å². The highest BCUT2D eigenvalue weighted by Gasteiger charge is 2.38. The maximum atomic E-state index is 5.87. The Morgan fingerprint density at radius 2 is 2.05 bits per heavy atom. The highest BCUT2D eigenvalue weighted by Crippen LogP contribution is 2.26. The number of nitrogens with one attached hydrogen (secondary N) is 1. The zero-order chi connectivity index (χ0) is 14.4. The summed E-state index contributed by atoms with van der Waals surface area (Å²) >= 11 is 0. The number of aromatic nitrogens is 1. The van der Waals surface area contributed by atoms with Crippen LogP contribution in [0.1, 0.15) is 25.8 Å². The summed E-state index contributed by atoms with van der Waals surface area (Å²) in [5.74, 6) is 5.87. The lowest BCUT2D eigenvalue weighted by Crippen LogP contribution is -2.63. The van der Waals surface area contributed by atoms with Crippen LogP contribution in [0, 0.1) is 0 Å². The summed E-state index contributed by atoms with van der Waals surface area (Å²) < 4.78 is 5.47. The number of hydrogen-bond donors (Lipinski definition) is 2. The molecule has 0 spiro atoms. The van der Waals surface area contributed by atoms with Gasteiger partial charge < -0.3 is 4.74 Å². The van der Waals surface area contributed by atoms with Crippen molar-refractivity contribution in [1.29, 1.82) is 0 Å². The minimum Gasteiger partial charge on any atom is -0.379 e. The fourth-order valence-electron chi connectivity index (χ4n) is 2.98. The molecule has 1 aromatic rings. The highest BCUT2D eigenvalue weighted by atomic mass is 16.5. The fourth-order valence-corrected chi connectivity index (χ4v) is 2.98. The number of pyridine rings is 1. The van der Waals surface area contributed by atoms with E-state index in [2.05, 4.69) is 41.3 Å². The largest absolute Gasteiger partial charge is 0.379 e. The molecule has 0 saturated carbocycles. The van der Waals surface area contributed by atoms with Gasteiger partial charge in [0.2, 0.25) is 0 Å². The van der Waals surface area contributed by atoms with E-state index in [1.807, 2.05) is 12.4 Å². The quantitative estimate of drug-likeness (QED) is 0.599. The van der Waals surface area contributed by atoms with Gasteiger partial charge in [-0.2, -0.15) is 0 Å². The molecule has 2 heterocycles. The van der Waals surface area contributed by atoms with E-state index in [1.165, 1.54) is 5.56 Å². The third kappa shape index (κ3) is 3.35. The van der Waals surface area contributed by atoms with Crippen LogP contribution in [0.2, 0.25) is 0 Å². The molecule has 2 unspecified atom stereocenters.